The van der Waals surface area contributed by atoms with Crippen molar-refractivity contribution in [3.8, 4) is 11.9 Å². The van der Waals surface area contributed by atoms with E-state index in [1.165, 1.54) is 16.9 Å². The van der Waals surface area contributed by atoms with Gasteiger partial charge in [-0.25, -0.2) is 4.98 Å². The highest BCUT2D eigenvalue weighted by Gasteiger charge is 2.19. The summed E-state index contributed by atoms with van der Waals surface area (Å²) in [6.07, 6.45) is 1.52. The van der Waals surface area contributed by atoms with E-state index in [1.807, 2.05) is 24.3 Å². The minimum Gasteiger partial charge on any atom is -0.358 e. The van der Waals surface area contributed by atoms with Crippen LogP contribution in [0, 0.1) is 28.4 Å². The molecule has 0 saturated heterocycles. The number of aryl methyl sites for hydroxylation is 1. The molecule has 4 aromatic rings. The van der Waals surface area contributed by atoms with Gasteiger partial charge in [0.2, 0.25) is 0 Å². The number of nitriles is 1. The molecule has 0 N–H and O–H groups in total. The number of rotatable bonds is 2. The fourth-order valence-electron chi connectivity index (χ4n) is 2.78. The van der Waals surface area contributed by atoms with Gasteiger partial charge in [-0.15, -0.1) is 4.68 Å². The van der Waals surface area contributed by atoms with E-state index in [0.717, 1.165) is 16.6 Å². The molecule has 0 saturated carbocycles. The number of nitrogens with zero attached hydrogens (tertiary/aromatic N) is 6. The molecule has 3 aromatic heterocycles. The lowest BCUT2D eigenvalue weighted by Gasteiger charge is -2.07. The Morgan fingerprint density at radius 1 is 1.29 bits per heavy atom. The topological polar surface area (TPSA) is 102 Å². The minimum atomic E-state index is -0.545. The molecule has 0 aliphatic rings. The van der Waals surface area contributed by atoms with Gasteiger partial charge in [-0.3, -0.25) is 4.40 Å². The van der Waals surface area contributed by atoms with Crippen molar-refractivity contribution >= 4 is 22.5 Å². The molecular formula is C16H10N6O2. The second-order valence-electron chi connectivity index (χ2n) is 5.31. The van der Waals surface area contributed by atoms with Gasteiger partial charge in [0.05, 0.1) is 34.0 Å². The Morgan fingerprint density at radius 2 is 2.08 bits per heavy atom. The Labute approximate surface area is 135 Å². The standard InChI is InChI=1S/C16H10N6O2/c1-10-8-15(20-7-6-14(19-20)22(23)24)21-13-5-3-2-4-12(13)18-16(21)11(10)9-17/h2-8H,1H3. The molecule has 0 aliphatic carbocycles. The number of nitro groups is 1. The van der Waals surface area contributed by atoms with Crippen molar-refractivity contribution in [2.45, 2.75) is 6.92 Å². The number of benzene rings is 1. The summed E-state index contributed by atoms with van der Waals surface area (Å²) in [4.78, 5) is 14.9. The van der Waals surface area contributed by atoms with E-state index in [1.54, 1.807) is 17.4 Å². The first kappa shape index (κ1) is 13.9. The second-order valence-corrected chi connectivity index (χ2v) is 5.31. The van der Waals surface area contributed by atoms with Gasteiger partial charge in [0.15, 0.2) is 11.5 Å². The third kappa shape index (κ3) is 1.85. The number of imidazole rings is 1. The van der Waals surface area contributed by atoms with E-state index < -0.39 is 4.92 Å². The third-order valence-corrected chi connectivity index (χ3v) is 3.86. The van der Waals surface area contributed by atoms with Crippen LogP contribution >= 0.6 is 0 Å². The van der Waals surface area contributed by atoms with Crippen molar-refractivity contribution < 1.29 is 4.92 Å². The van der Waals surface area contributed by atoms with Crippen molar-refractivity contribution in [2.24, 2.45) is 0 Å². The fraction of sp³-hybridized carbons (Fsp3) is 0.0625. The predicted octanol–water partition coefficient (Wildman–Crippen LogP) is 2.76. The summed E-state index contributed by atoms with van der Waals surface area (Å²) in [7, 11) is 0. The van der Waals surface area contributed by atoms with E-state index in [-0.39, 0.29) is 5.82 Å². The molecule has 1 aromatic carbocycles. The highest BCUT2D eigenvalue weighted by Crippen LogP contribution is 2.26. The molecule has 0 spiro atoms. The molecule has 24 heavy (non-hydrogen) atoms. The maximum absolute atomic E-state index is 10.9. The zero-order chi connectivity index (χ0) is 16.8. The van der Waals surface area contributed by atoms with E-state index in [9.17, 15) is 15.4 Å². The molecule has 116 valence electrons. The molecule has 0 aliphatic heterocycles. The molecule has 0 unspecified atom stereocenters. The van der Waals surface area contributed by atoms with Gasteiger partial charge >= 0.3 is 5.82 Å². The molecule has 0 amide bonds. The van der Waals surface area contributed by atoms with Crippen LogP contribution in [0.25, 0.3) is 22.5 Å². The zero-order valence-corrected chi connectivity index (χ0v) is 12.5. The van der Waals surface area contributed by atoms with Crippen LogP contribution in [0.1, 0.15) is 11.1 Å². The number of para-hydroxylation sites is 2. The van der Waals surface area contributed by atoms with Gasteiger partial charge in [-0.05, 0) is 35.6 Å². The quantitative estimate of drug-likeness (QED) is 0.417. The number of pyridine rings is 1. The third-order valence-electron chi connectivity index (χ3n) is 3.86. The van der Waals surface area contributed by atoms with Gasteiger partial charge in [0, 0.05) is 0 Å². The summed E-state index contributed by atoms with van der Waals surface area (Å²) in [5.74, 6) is 0.345. The molecule has 8 nitrogen and oxygen atoms in total. The summed E-state index contributed by atoms with van der Waals surface area (Å²) in [5, 5.41) is 24.4. The monoisotopic (exact) mass is 318 g/mol. The number of hydrogen-bond acceptors (Lipinski definition) is 5. The van der Waals surface area contributed by atoms with E-state index >= 15 is 0 Å². The number of hydrogen-bond donors (Lipinski definition) is 0. The second kappa shape index (κ2) is 4.89. The highest BCUT2D eigenvalue weighted by molar-refractivity contribution is 5.84. The lowest BCUT2D eigenvalue weighted by molar-refractivity contribution is -0.389. The normalized spacial score (nSPS) is 11.0. The van der Waals surface area contributed by atoms with Crippen LogP contribution in [-0.2, 0) is 0 Å². The molecule has 0 fully saturated rings. The van der Waals surface area contributed by atoms with E-state index in [2.05, 4.69) is 16.2 Å². The smallest absolute Gasteiger partial charge is 0.358 e. The zero-order valence-electron chi connectivity index (χ0n) is 12.5. The molecular weight excluding hydrogens is 308 g/mol. The van der Waals surface area contributed by atoms with Crippen molar-refractivity contribution in [3.63, 3.8) is 0 Å². The summed E-state index contributed by atoms with van der Waals surface area (Å²) < 4.78 is 3.21. The van der Waals surface area contributed by atoms with Crippen LogP contribution in [-0.4, -0.2) is 24.1 Å². The van der Waals surface area contributed by atoms with Crippen molar-refractivity contribution in [3.05, 3.63) is 63.8 Å². The van der Waals surface area contributed by atoms with Gasteiger partial charge < -0.3 is 10.1 Å². The van der Waals surface area contributed by atoms with Crippen molar-refractivity contribution in [1.29, 1.82) is 5.26 Å². The summed E-state index contributed by atoms with van der Waals surface area (Å²) in [6, 6.07) is 12.8. The number of aromatic nitrogens is 4. The van der Waals surface area contributed by atoms with Gasteiger partial charge in [-0.1, -0.05) is 12.1 Å². The van der Waals surface area contributed by atoms with Crippen LogP contribution in [0.5, 0.6) is 0 Å². The molecule has 3 heterocycles. The first-order chi connectivity index (χ1) is 11.6. The van der Waals surface area contributed by atoms with Gasteiger partial charge in [-0.2, -0.15) is 5.26 Å². The van der Waals surface area contributed by atoms with Crippen molar-refractivity contribution in [1.82, 2.24) is 19.2 Å². The summed E-state index contributed by atoms with van der Waals surface area (Å²) in [6.45, 7) is 1.80. The first-order valence-electron chi connectivity index (χ1n) is 7.11. The average Bonchev–Trinajstić information content (AvgIpc) is 3.19. The average molecular weight is 318 g/mol. The lowest BCUT2D eigenvalue weighted by Crippen LogP contribution is -2.06. The largest absolute Gasteiger partial charge is 0.390 e. The van der Waals surface area contributed by atoms with Crippen LogP contribution in [0.15, 0.2) is 42.6 Å². The number of fused-ring (bicyclic) bond motifs is 3. The SMILES string of the molecule is Cc1cc(-n2ccc([N+](=O)[O-])n2)n2c(nc3ccccc32)c1C#N. The molecule has 0 radical (unpaired) electrons. The molecule has 8 heteroatoms. The minimum absolute atomic E-state index is 0.241. The van der Waals surface area contributed by atoms with Crippen LogP contribution in [0.2, 0.25) is 0 Å². The Morgan fingerprint density at radius 3 is 2.79 bits per heavy atom. The Hall–Kier alpha value is -3.73. The Bertz CT molecular complexity index is 1160. The van der Waals surface area contributed by atoms with Crippen LogP contribution < -0.4 is 0 Å². The summed E-state index contributed by atoms with van der Waals surface area (Å²) >= 11 is 0. The van der Waals surface area contributed by atoms with E-state index in [0.29, 0.717) is 17.0 Å². The van der Waals surface area contributed by atoms with Crippen LogP contribution in [0.3, 0.4) is 0 Å². The Balaban J connectivity index is 2.15. The summed E-state index contributed by atoms with van der Waals surface area (Å²) in [5.41, 5.74) is 3.25. The van der Waals surface area contributed by atoms with Crippen molar-refractivity contribution in [2.75, 3.05) is 0 Å². The van der Waals surface area contributed by atoms with Gasteiger partial charge in [0.1, 0.15) is 6.07 Å². The Kier molecular flexibility index (Phi) is 2.83. The first-order valence-corrected chi connectivity index (χ1v) is 7.11. The fourth-order valence-corrected chi connectivity index (χ4v) is 2.78. The molecule has 0 bridgehead atoms. The molecule has 0 atom stereocenters. The maximum atomic E-state index is 10.9. The maximum Gasteiger partial charge on any atom is 0.390 e. The van der Waals surface area contributed by atoms with Gasteiger partial charge in [0.25, 0.3) is 0 Å². The van der Waals surface area contributed by atoms with E-state index in [4.69, 9.17) is 0 Å². The lowest BCUT2D eigenvalue weighted by atomic mass is 10.1. The predicted molar refractivity (Wildman–Crippen MR) is 85.9 cm³/mol. The highest BCUT2D eigenvalue weighted by atomic mass is 16.6. The van der Waals surface area contributed by atoms with Crippen LogP contribution in [0.4, 0.5) is 5.82 Å². The molecule has 4 rings (SSSR count).